The van der Waals surface area contributed by atoms with Crippen LogP contribution in [0.1, 0.15) is 6.92 Å². The fourth-order valence-corrected chi connectivity index (χ4v) is 1.65. The molecule has 0 aliphatic carbocycles. The van der Waals surface area contributed by atoms with E-state index in [0.717, 1.165) is 4.90 Å². The second-order valence-electron chi connectivity index (χ2n) is 2.35. The van der Waals surface area contributed by atoms with E-state index in [0.29, 0.717) is 0 Å². The third-order valence-corrected chi connectivity index (χ3v) is 3.07. The number of thioether (sulfide) groups is 1. The topological polar surface area (TPSA) is 17.1 Å². The van der Waals surface area contributed by atoms with Gasteiger partial charge in [0.05, 0.1) is 4.83 Å². The number of hydrogen-bond donors (Lipinski definition) is 0. The molecule has 12 heavy (non-hydrogen) atoms. The Morgan fingerprint density at radius 2 is 2.00 bits per heavy atom. The molecule has 0 saturated carbocycles. The molecule has 64 valence electrons. The molecule has 0 bridgehead atoms. The Labute approximate surface area is 84.7 Å². The average Bonchev–Trinajstić information content (AvgIpc) is 2.06. The molecule has 0 aliphatic rings. The third-order valence-electron chi connectivity index (χ3n) is 1.29. The van der Waals surface area contributed by atoms with Crippen molar-refractivity contribution in [1.82, 2.24) is 0 Å². The lowest BCUT2D eigenvalue weighted by atomic mass is 10.4. The second kappa shape index (κ2) is 4.67. The first-order chi connectivity index (χ1) is 5.70. The molecule has 1 nitrogen and oxygen atoms in total. The SMILES string of the molecule is CC(Br)C(=O)Sc1ccccc1. The van der Waals surface area contributed by atoms with Crippen LogP contribution in [-0.4, -0.2) is 9.94 Å². The highest BCUT2D eigenvalue weighted by Gasteiger charge is 2.09. The van der Waals surface area contributed by atoms with E-state index in [2.05, 4.69) is 15.9 Å². The van der Waals surface area contributed by atoms with Crippen molar-refractivity contribution in [3.63, 3.8) is 0 Å². The number of halogens is 1. The smallest absolute Gasteiger partial charge is 0.207 e. The molecule has 1 unspecified atom stereocenters. The normalized spacial score (nSPS) is 12.5. The summed E-state index contributed by atoms with van der Waals surface area (Å²) in [5.74, 6) is 0. The lowest BCUT2D eigenvalue weighted by molar-refractivity contribution is -0.110. The van der Waals surface area contributed by atoms with E-state index in [1.165, 1.54) is 11.8 Å². The molecule has 0 radical (unpaired) electrons. The van der Waals surface area contributed by atoms with Crippen LogP contribution in [0.3, 0.4) is 0 Å². The van der Waals surface area contributed by atoms with Gasteiger partial charge in [0.25, 0.3) is 0 Å². The molecule has 0 N–H and O–H groups in total. The van der Waals surface area contributed by atoms with Crippen molar-refractivity contribution in [2.45, 2.75) is 16.6 Å². The maximum absolute atomic E-state index is 11.2. The van der Waals surface area contributed by atoms with Gasteiger partial charge in [0, 0.05) is 4.90 Å². The fourth-order valence-electron chi connectivity index (χ4n) is 0.686. The van der Waals surface area contributed by atoms with Crippen molar-refractivity contribution in [1.29, 1.82) is 0 Å². The van der Waals surface area contributed by atoms with Crippen LogP contribution in [0.25, 0.3) is 0 Å². The van der Waals surface area contributed by atoms with Crippen LogP contribution in [0.15, 0.2) is 35.2 Å². The first-order valence-corrected chi connectivity index (χ1v) is 5.34. The molecule has 1 rings (SSSR count). The van der Waals surface area contributed by atoms with Gasteiger partial charge in [0.1, 0.15) is 0 Å². The van der Waals surface area contributed by atoms with E-state index in [4.69, 9.17) is 0 Å². The summed E-state index contributed by atoms with van der Waals surface area (Å²) < 4.78 is 0. The van der Waals surface area contributed by atoms with Crippen molar-refractivity contribution in [2.75, 3.05) is 0 Å². The Morgan fingerprint density at radius 1 is 1.42 bits per heavy atom. The molecule has 0 aromatic heterocycles. The third kappa shape index (κ3) is 2.99. The Hall–Kier alpha value is -0.280. The van der Waals surface area contributed by atoms with Gasteiger partial charge in [-0.05, 0) is 19.1 Å². The number of hydrogen-bond acceptors (Lipinski definition) is 2. The predicted molar refractivity (Wildman–Crippen MR) is 55.7 cm³/mol. The fraction of sp³-hybridized carbons (Fsp3) is 0.222. The zero-order valence-electron chi connectivity index (χ0n) is 6.66. The van der Waals surface area contributed by atoms with E-state index in [-0.39, 0.29) is 9.94 Å². The molecule has 0 amide bonds. The van der Waals surface area contributed by atoms with E-state index < -0.39 is 0 Å². The summed E-state index contributed by atoms with van der Waals surface area (Å²) in [7, 11) is 0. The maximum atomic E-state index is 11.2. The van der Waals surface area contributed by atoms with E-state index in [1.807, 2.05) is 37.3 Å². The minimum atomic E-state index is -0.0808. The summed E-state index contributed by atoms with van der Waals surface area (Å²) in [4.78, 5) is 12.1. The second-order valence-corrected chi connectivity index (χ2v) is 4.80. The van der Waals surface area contributed by atoms with Crippen molar-refractivity contribution in [2.24, 2.45) is 0 Å². The minimum absolute atomic E-state index is 0.0808. The molecular weight excluding hydrogens is 236 g/mol. The quantitative estimate of drug-likeness (QED) is 0.588. The number of benzene rings is 1. The van der Waals surface area contributed by atoms with Gasteiger partial charge in [0.15, 0.2) is 0 Å². The van der Waals surface area contributed by atoms with Gasteiger partial charge in [-0.25, -0.2) is 0 Å². The maximum Gasteiger partial charge on any atom is 0.207 e. The molecule has 0 spiro atoms. The van der Waals surface area contributed by atoms with Gasteiger partial charge in [-0.3, -0.25) is 4.79 Å². The number of carbonyl (C=O) groups excluding carboxylic acids is 1. The van der Waals surface area contributed by atoms with Crippen LogP contribution in [0.2, 0.25) is 0 Å². The van der Waals surface area contributed by atoms with Crippen molar-refractivity contribution in [3.8, 4) is 0 Å². The van der Waals surface area contributed by atoms with Crippen LogP contribution < -0.4 is 0 Å². The van der Waals surface area contributed by atoms with Gasteiger partial charge in [-0.1, -0.05) is 45.9 Å². The van der Waals surface area contributed by atoms with Crippen LogP contribution in [0.5, 0.6) is 0 Å². The Morgan fingerprint density at radius 3 is 2.50 bits per heavy atom. The molecule has 1 aromatic rings. The molecule has 0 aliphatic heterocycles. The first-order valence-electron chi connectivity index (χ1n) is 3.61. The van der Waals surface area contributed by atoms with E-state index >= 15 is 0 Å². The average molecular weight is 245 g/mol. The van der Waals surface area contributed by atoms with E-state index in [1.54, 1.807) is 0 Å². The van der Waals surface area contributed by atoms with Gasteiger partial charge in [-0.15, -0.1) is 0 Å². The number of rotatable bonds is 2. The zero-order valence-corrected chi connectivity index (χ0v) is 9.06. The lowest BCUT2D eigenvalue weighted by Gasteiger charge is -2.00. The first kappa shape index (κ1) is 9.81. The highest BCUT2D eigenvalue weighted by Crippen LogP contribution is 2.21. The van der Waals surface area contributed by atoms with Crippen molar-refractivity contribution < 1.29 is 4.79 Å². The Bertz CT molecular complexity index is 258. The van der Waals surface area contributed by atoms with Gasteiger partial charge < -0.3 is 0 Å². The molecule has 0 heterocycles. The molecule has 0 fully saturated rings. The summed E-state index contributed by atoms with van der Waals surface area (Å²) in [6.45, 7) is 1.83. The Balaban J connectivity index is 2.59. The van der Waals surface area contributed by atoms with Crippen LogP contribution in [0, 0.1) is 0 Å². The summed E-state index contributed by atoms with van der Waals surface area (Å²) >= 11 is 4.49. The molecule has 1 atom stereocenters. The van der Waals surface area contributed by atoms with Crippen LogP contribution >= 0.6 is 27.7 Å². The minimum Gasteiger partial charge on any atom is -0.286 e. The van der Waals surface area contributed by atoms with Crippen LogP contribution in [-0.2, 0) is 4.79 Å². The highest BCUT2D eigenvalue weighted by molar-refractivity contribution is 9.10. The Kier molecular flexibility index (Phi) is 3.82. The monoisotopic (exact) mass is 244 g/mol. The van der Waals surface area contributed by atoms with Gasteiger partial charge >= 0.3 is 0 Å². The summed E-state index contributed by atoms with van der Waals surface area (Å²) in [5.41, 5.74) is 0. The molecule has 0 saturated heterocycles. The zero-order chi connectivity index (χ0) is 8.97. The molecular formula is C9H9BrOS. The summed E-state index contributed by atoms with van der Waals surface area (Å²) in [6, 6.07) is 9.64. The lowest BCUT2D eigenvalue weighted by Crippen LogP contribution is -2.03. The van der Waals surface area contributed by atoms with E-state index in [9.17, 15) is 4.79 Å². The number of carbonyl (C=O) groups is 1. The summed E-state index contributed by atoms with van der Waals surface area (Å²) in [5, 5.41) is 0.140. The van der Waals surface area contributed by atoms with Crippen molar-refractivity contribution >= 4 is 32.8 Å². The van der Waals surface area contributed by atoms with Crippen LogP contribution in [0.4, 0.5) is 0 Å². The summed E-state index contributed by atoms with van der Waals surface area (Å²) in [6.07, 6.45) is 0. The van der Waals surface area contributed by atoms with Gasteiger partial charge in [0.2, 0.25) is 5.12 Å². The number of alkyl halides is 1. The van der Waals surface area contributed by atoms with Crippen molar-refractivity contribution in [3.05, 3.63) is 30.3 Å². The molecule has 3 heteroatoms. The highest BCUT2D eigenvalue weighted by atomic mass is 79.9. The molecule has 1 aromatic carbocycles. The van der Waals surface area contributed by atoms with Gasteiger partial charge in [-0.2, -0.15) is 0 Å². The predicted octanol–water partition coefficient (Wildman–Crippen LogP) is 3.09. The largest absolute Gasteiger partial charge is 0.286 e. The standard InChI is InChI=1S/C9H9BrOS/c1-7(10)9(11)12-8-5-3-2-4-6-8/h2-7H,1H3.